The summed E-state index contributed by atoms with van der Waals surface area (Å²) >= 11 is 0. The number of para-hydroxylation sites is 1. The number of rotatable bonds is 11. The van der Waals surface area contributed by atoms with Crippen molar-refractivity contribution in [3.05, 3.63) is 36.0 Å². The number of hydrogen-bond donors (Lipinski definition) is 7. The van der Waals surface area contributed by atoms with E-state index < -0.39 is 60.2 Å². The highest BCUT2D eigenvalue weighted by Gasteiger charge is 2.31. The predicted molar refractivity (Wildman–Crippen MR) is 126 cm³/mol. The number of primary amides is 1. The van der Waals surface area contributed by atoms with Crippen molar-refractivity contribution in [3.8, 4) is 0 Å². The highest BCUT2D eigenvalue weighted by molar-refractivity contribution is 5.96. The summed E-state index contributed by atoms with van der Waals surface area (Å²) < 4.78 is 0. The van der Waals surface area contributed by atoms with Gasteiger partial charge in [-0.25, -0.2) is 4.79 Å². The number of nitrogens with two attached hydrogens (primary N) is 1. The van der Waals surface area contributed by atoms with Gasteiger partial charge in [0.15, 0.2) is 0 Å². The number of carboxylic acids is 1. The minimum atomic E-state index is -1.26. The van der Waals surface area contributed by atoms with E-state index in [0.29, 0.717) is 13.0 Å². The maximum absolute atomic E-state index is 12.7. The van der Waals surface area contributed by atoms with Crippen LogP contribution >= 0.6 is 0 Å². The molecule has 0 aliphatic carbocycles. The molecule has 12 nitrogen and oxygen atoms in total. The average Bonchev–Trinajstić information content (AvgIpc) is 3.48. The first kappa shape index (κ1) is 25.7. The lowest BCUT2D eigenvalue weighted by molar-refractivity contribution is -0.142. The van der Waals surface area contributed by atoms with Crippen molar-refractivity contribution in [2.45, 2.75) is 56.8 Å². The Morgan fingerprint density at radius 3 is 2.49 bits per heavy atom. The average molecular weight is 487 g/mol. The molecule has 4 amide bonds. The molecule has 188 valence electrons. The largest absolute Gasteiger partial charge is 0.480 e. The van der Waals surface area contributed by atoms with Gasteiger partial charge >= 0.3 is 5.97 Å². The summed E-state index contributed by atoms with van der Waals surface area (Å²) in [5, 5.41) is 20.8. The monoisotopic (exact) mass is 486 g/mol. The third-order valence-electron chi connectivity index (χ3n) is 5.88. The Morgan fingerprint density at radius 2 is 1.83 bits per heavy atom. The van der Waals surface area contributed by atoms with E-state index >= 15 is 0 Å². The summed E-state index contributed by atoms with van der Waals surface area (Å²) in [5.41, 5.74) is 6.78. The minimum absolute atomic E-state index is 0.0283. The molecule has 1 saturated heterocycles. The third-order valence-corrected chi connectivity index (χ3v) is 5.88. The van der Waals surface area contributed by atoms with Crippen molar-refractivity contribution in [1.82, 2.24) is 26.3 Å². The first-order valence-electron chi connectivity index (χ1n) is 11.4. The zero-order valence-electron chi connectivity index (χ0n) is 19.3. The van der Waals surface area contributed by atoms with Gasteiger partial charge in [-0.3, -0.25) is 19.2 Å². The second kappa shape index (κ2) is 11.5. The molecule has 35 heavy (non-hydrogen) atoms. The molecule has 12 heteroatoms. The standard InChI is InChI=1S/C23H30N6O6/c1-12(27-22(33)17(10-19(24)30)28-21(32)16-7-4-8-25-16)20(31)29-18(23(34)35)9-13-11-26-15-6-3-2-5-14(13)15/h2-3,5-6,11-12,16-18,25-26H,4,7-10H2,1H3,(H2,24,30)(H,27,33)(H,28,32)(H,29,31)(H,34,35). The number of carbonyl (C=O) groups is 5. The van der Waals surface area contributed by atoms with Gasteiger partial charge in [-0.2, -0.15) is 0 Å². The Labute approximate surface area is 201 Å². The van der Waals surface area contributed by atoms with Gasteiger partial charge in [0, 0.05) is 23.5 Å². The van der Waals surface area contributed by atoms with E-state index in [1.54, 1.807) is 6.20 Å². The molecule has 4 atom stereocenters. The number of aromatic nitrogens is 1. The highest BCUT2D eigenvalue weighted by Crippen LogP contribution is 2.19. The quantitative estimate of drug-likeness (QED) is 0.209. The van der Waals surface area contributed by atoms with Crippen LogP contribution in [0.3, 0.4) is 0 Å². The molecule has 1 aliphatic rings. The molecule has 0 bridgehead atoms. The molecule has 1 aromatic carbocycles. The summed E-state index contributed by atoms with van der Waals surface area (Å²) in [4.78, 5) is 64.1. The molecule has 2 aromatic rings. The van der Waals surface area contributed by atoms with E-state index in [-0.39, 0.29) is 6.42 Å². The van der Waals surface area contributed by atoms with Gasteiger partial charge in [0.2, 0.25) is 23.6 Å². The maximum Gasteiger partial charge on any atom is 0.326 e. The van der Waals surface area contributed by atoms with Gasteiger partial charge < -0.3 is 37.1 Å². The first-order chi connectivity index (χ1) is 16.7. The topological polar surface area (TPSA) is 196 Å². The van der Waals surface area contributed by atoms with Gasteiger partial charge in [0.25, 0.3) is 0 Å². The summed E-state index contributed by atoms with van der Waals surface area (Å²) in [6, 6.07) is 3.27. The summed E-state index contributed by atoms with van der Waals surface area (Å²) in [6.07, 6.45) is 2.68. The van der Waals surface area contributed by atoms with Gasteiger partial charge in [-0.15, -0.1) is 0 Å². The van der Waals surface area contributed by atoms with Crippen molar-refractivity contribution < 1.29 is 29.1 Å². The second-order valence-electron chi connectivity index (χ2n) is 8.57. The lowest BCUT2D eigenvalue weighted by Gasteiger charge is -2.23. The molecule has 0 radical (unpaired) electrons. The van der Waals surface area contributed by atoms with E-state index in [9.17, 15) is 29.1 Å². The Morgan fingerprint density at radius 1 is 1.09 bits per heavy atom. The van der Waals surface area contributed by atoms with Gasteiger partial charge in [-0.1, -0.05) is 18.2 Å². The fourth-order valence-corrected chi connectivity index (χ4v) is 3.99. The minimum Gasteiger partial charge on any atom is -0.480 e. The van der Waals surface area contributed by atoms with Crippen molar-refractivity contribution in [2.75, 3.05) is 6.54 Å². The van der Waals surface area contributed by atoms with E-state index in [1.807, 2.05) is 24.3 Å². The van der Waals surface area contributed by atoms with Crippen LogP contribution in [0.5, 0.6) is 0 Å². The molecule has 8 N–H and O–H groups in total. The molecule has 2 heterocycles. The molecule has 1 aliphatic heterocycles. The molecule has 0 spiro atoms. The van der Waals surface area contributed by atoms with Crippen molar-refractivity contribution in [1.29, 1.82) is 0 Å². The van der Waals surface area contributed by atoms with E-state index in [1.165, 1.54) is 6.92 Å². The van der Waals surface area contributed by atoms with Crippen molar-refractivity contribution in [3.63, 3.8) is 0 Å². The van der Waals surface area contributed by atoms with Crippen LogP contribution in [-0.2, 0) is 30.4 Å². The number of aromatic amines is 1. The normalized spacial score (nSPS) is 17.8. The van der Waals surface area contributed by atoms with Crippen LogP contribution in [0.2, 0.25) is 0 Å². The smallest absolute Gasteiger partial charge is 0.326 e. The number of nitrogens with one attached hydrogen (secondary N) is 5. The van der Waals surface area contributed by atoms with Crippen LogP contribution in [0.25, 0.3) is 10.9 Å². The van der Waals surface area contributed by atoms with Crippen LogP contribution < -0.4 is 27.0 Å². The lowest BCUT2D eigenvalue weighted by Crippen LogP contribution is -2.57. The zero-order valence-corrected chi connectivity index (χ0v) is 19.3. The Balaban J connectivity index is 1.61. The first-order valence-corrected chi connectivity index (χ1v) is 11.4. The molecule has 0 saturated carbocycles. The third kappa shape index (κ3) is 6.79. The van der Waals surface area contributed by atoms with Gasteiger partial charge in [-0.05, 0) is 37.9 Å². The van der Waals surface area contributed by atoms with E-state index in [4.69, 9.17) is 5.73 Å². The second-order valence-corrected chi connectivity index (χ2v) is 8.57. The van der Waals surface area contributed by atoms with Gasteiger partial charge in [0.05, 0.1) is 12.5 Å². The fraction of sp³-hybridized carbons (Fsp3) is 0.435. The Bertz CT molecular complexity index is 1110. The molecular formula is C23H30N6O6. The molecule has 1 aromatic heterocycles. The number of amides is 4. The maximum atomic E-state index is 12.7. The van der Waals surface area contributed by atoms with E-state index in [2.05, 4.69) is 26.3 Å². The van der Waals surface area contributed by atoms with Crippen molar-refractivity contribution >= 4 is 40.5 Å². The molecule has 3 rings (SSSR count). The summed E-state index contributed by atoms with van der Waals surface area (Å²) in [7, 11) is 0. The Kier molecular flexibility index (Phi) is 8.42. The SMILES string of the molecule is CC(NC(=O)C(CC(N)=O)NC(=O)C1CCCN1)C(=O)NC(Cc1c[nH]c2ccccc12)C(=O)O. The van der Waals surface area contributed by atoms with Crippen LogP contribution in [0.4, 0.5) is 0 Å². The van der Waals surface area contributed by atoms with E-state index in [0.717, 1.165) is 22.9 Å². The van der Waals surface area contributed by atoms with Crippen LogP contribution in [0.15, 0.2) is 30.5 Å². The lowest BCUT2D eigenvalue weighted by atomic mass is 10.0. The summed E-state index contributed by atoms with van der Waals surface area (Å²) in [6.45, 7) is 2.05. The predicted octanol–water partition coefficient (Wildman–Crippen LogP) is -1.10. The number of aliphatic carboxylic acids is 1. The van der Waals surface area contributed by atoms with Crippen LogP contribution in [-0.4, -0.2) is 70.4 Å². The summed E-state index contributed by atoms with van der Waals surface area (Å²) in [5.74, 6) is -3.98. The molecule has 1 fully saturated rings. The number of carbonyl (C=O) groups excluding carboxylic acids is 4. The van der Waals surface area contributed by atoms with Gasteiger partial charge in [0.1, 0.15) is 18.1 Å². The molecule has 4 unspecified atom stereocenters. The zero-order chi connectivity index (χ0) is 25.5. The number of hydrogen-bond acceptors (Lipinski definition) is 6. The number of H-pyrrole nitrogens is 1. The number of fused-ring (bicyclic) bond motifs is 1. The highest BCUT2D eigenvalue weighted by atomic mass is 16.4. The Hall–Kier alpha value is -3.93. The van der Waals surface area contributed by atoms with Crippen molar-refractivity contribution in [2.24, 2.45) is 5.73 Å². The van der Waals surface area contributed by atoms with Crippen LogP contribution in [0.1, 0.15) is 31.7 Å². The fourth-order valence-electron chi connectivity index (χ4n) is 3.99. The number of benzene rings is 1. The molecular weight excluding hydrogens is 456 g/mol. The van der Waals surface area contributed by atoms with Crippen LogP contribution in [0, 0.1) is 0 Å². The number of carboxylic acid groups (broad SMARTS) is 1.